The molecule has 14 heavy (non-hydrogen) atoms. The summed E-state index contributed by atoms with van der Waals surface area (Å²) in [6.07, 6.45) is 1.49. The van der Waals surface area contributed by atoms with Crippen LogP contribution in [-0.2, 0) is 4.74 Å². The smallest absolute Gasteiger partial charge is 0.196 e. The second-order valence-electron chi connectivity index (χ2n) is 2.88. The molecule has 1 atom stereocenters. The minimum atomic E-state index is -0.229. The van der Waals surface area contributed by atoms with Crippen LogP contribution < -0.4 is 4.74 Å². The summed E-state index contributed by atoms with van der Waals surface area (Å²) in [6, 6.07) is 7.54. The molecule has 1 aromatic rings. The van der Waals surface area contributed by atoms with E-state index in [-0.39, 0.29) is 6.29 Å². The minimum absolute atomic E-state index is 0.229. The van der Waals surface area contributed by atoms with Crippen LogP contribution in [0.25, 0.3) is 6.08 Å². The summed E-state index contributed by atoms with van der Waals surface area (Å²) in [5.41, 5.74) is 0.987. The van der Waals surface area contributed by atoms with Crippen molar-refractivity contribution in [3.8, 4) is 5.75 Å². The molecule has 2 heteroatoms. The molecule has 0 aliphatic carbocycles. The Hall–Kier alpha value is -1.28. The van der Waals surface area contributed by atoms with Crippen LogP contribution in [0.3, 0.4) is 0 Å². The predicted octanol–water partition coefficient (Wildman–Crippen LogP) is 3.09. The lowest BCUT2D eigenvalue weighted by molar-refractivity contribution is -0.0613. The van der Waals surface area contributed by atoms with Gasteiger partial charge in [-0.15, -0.1) is 0 Å². The number of hydrogen-bond acceptors (Lipinski definition) is 2. The van der Waals surface area contributed by atoms with Crippen molar-refractivity contribution in [3.63, 3.8) is 0 Å². The zero-order chi connectivity index (χ0) is 11.1. The second kappa shape index (κ2) is 5.45. The maximum Gasteiger partial charge on any atom is 0.196 e. The molecular formula is C12H16O2. The SMILES string of the molecule is [2H]/C=C/c1ccc(OC(C)OCC)cc1. The first-order valence-corrected chi connectivity index (χ1v) is 4.69. The van der Waals surface area contributed by atoms with E-state index in [0.717, 1.165) is 11.3 Å². The molecule has 76 valence electrons. The van der Waals surface area contributed by atoms with Gasteiger partial charge in [-0.3, -0.25) is 0 Å². The molecule has 0 amide bonds. The topological polar surface area (TPSA) is 18.5 Å². The van der Waals surface area contributed by atoms with Crippen molar-refractivity contribution in [3.05, 3.63) is 36.4 Å². The van der Waals surface area contributed by atoms with Gasteiger partial charge in [0.1, 0.15) is 5.75 Å². The van der Waals surface area contributed by atoms with E-state index in [2.05, 4.69) is 0 Å². The van der Waals surface area contributed by atoms with E-state index in [1.54, 1.807) is 6.08 Å². The highest BCUT2D eigenvalue weighted by Crippen LogP contribution is 2.14. The van der Waals surface area contributed by atoms with Crippen LogP contribution >= 0.6 is 0 Å². The summed E-state index contributed by atoms with van der Waals surface area (Å²) in [5.74, 6) is 0.776. The van der Waals surface area contributed by atoms with Crippen molar-refractivity contribution < 1.29 is 10.8 Å². The van der Waals surface area contributed by atoms with Crippen LogP contribution in [0.5, 0.6) is 5.75 Å². The predicted molar refractivity (Wildman–Crippen MR) is 58.2 cm³/mol. The molecule has 1 aromatic carbocycles. The Morgan fingerprint density at radius 2 is 2.21 bits per heavy atom. The lowest BCUT2D eigenvalue weighted by atomic mass is 10.2. The fraction of sp³-hybridized carbons (Fsp3) is 0.333. The van der Waals surface area contributed by atoms with Crippen LogP contribution in [0.2, 0.25) is 0 Å². The van der Waals surface area contributed by atoms with Crippen molar-refractivity contribution in [2.45, 2.75) is 20.1 Å². The molecule has 0 saturated heterocycles. The van der Waals surface area contributed by atoms with Crippen LogP contribution in [0.4, 0.5) is 0 Å². The molecule has 0 bridgehead atoms. The normalized spacial score (nSPS) is 14.0. The van der Waals surface area contributed by atoms with Crippen LogP contribution in [0, 0.1) is 0 Å². The molecule has 0 fully saturated rings. The Kier molecular flexibility index (Phi) is 3.61. The molecule has 1 unspecified atom stereocenters. The van der Waals surface area contributed by atoms with Gasteiger partial charge in [0.15, 0.2) is 6.29 Å². The third kappa shape index (κ3) is 3.23. The van der Waals surface area contributed by atoms with E-state index in [1.807, 2.05) is 38.1 Å². The van der Waals surface area contributed by atoms with E-state index in [1.165, 1.54) is 6.55 Å². The van der Waals surface area contributed by atoms with Gasteiger partial charge < -0.3 is 9.47 Å². The Bertz CT molecular complexity index is 306. The van der Waals surface area contributed by atoms with Crippen molar-refractivity contribution in [2.24, 2.45) is 0 Å². The third-order valence-corrected chi connectivity index (χ3v) is 1.78. The van der Waals surface area contributed by atoms with Gasteiger partial charge in [0.2, 0.25) is 0 Å². The molecule has 0 N–H and O–H groups in total. The maximum atomic E-state index is 6.93. The van der Waals surface area contributed by atoms with E-state index < -0.39 is 0 Å². The van der Waals surface area contributed by atoms with Crippen molar-refractivity contribution in [2.75, 3.05) is 6.61 Å². The number of hydrogen-bond donors (Lipinski definition) is 0. The Labute approximate surface area is 86.6 Å². The van der Waals surface area contributed by atoms with Gasteiger partial charge in [-0.05, 0) is 31.5 Å². The van der Waals surface area contributed by atoms with Crippen molar-refractivity contribution in [1.82, 2.24) is 0 Å². The average molecular weight is 193 g/mol. The molecule has 0 aromatic heterocycles. The number of ether oxygens (including phenoxy) is 2. The van der Waals surface area contributed by atoms with Gasteiger partial charge >= 0.3 is 0 Å². The number of rotatable bonds is 5. The monoisotopic (exact) mass is 193 g/mol. The highest BCUT2D eigenvalue weighted by molar-refractivity contribution is 5.48. The largest absolute Gasteiger partial charge is 0.465 e. The zero-order valence-electron chi connectivity index (χ0n) is 9.57. The lowest BCUT2D eigenvalue weighted by Gasteiger charge is -2.14. The summed E-state index contributed by atoms with van der Waals surface area (Å²) < 4.78 is 17.7. The van der Waals surface area contributed by atoms with Gasteiger partial charge in [0.05, 0.1) is 1.37 Å². The Morgan fingerprint density at radius 1 is 1.50 bits per heavy atom. The van der Waals surface area contributed by atoms with Crippen molar-refractivity contribution >= 4 is 6.08 Å². The summed E-state index contributed by atoms with van der Waals surface area (Å²) in [7, 11) is 0. The van der Waals surface area contributed by atoms with E-state index in [4.69, 9.17) is 10.8 Å². The first-order chi connectivity index (χ1) is 7.26. The molecule has 1 rings (SSSR count). The van der Waals surface area contributed by atoms with Crippen LogP contribution in [0.1, 0.15) is 20.8 Å². The maximum absolute atomic E-state index is 6.93. The molecular weight excluding hydrogens is 176 g/mol. The first-order valence-electron chi connectivity index (χ1n) is 5.27. The molecule has 2 nitrogen and oxygen atoms in total. The highest BCUT2D eigenvalue weighted by atomic mass is 16.7. The summed E-state index contributed by atoms with van der Waals surface area (Å²) in [5, 5.41) is 0. The van der Waals surface area contributed by atoms with Gasteiger partial charge in [-0.1, -0.05) is 24.8 Å². The van der Waals surface area contributed by atoms with Gasteiger partial charge in [0.25, 0.3) is 0 Å². The third-order valence-electron chi connectivity index (χ3n) is 1.78. The van der Waals surface area contributed by atoms with Crippen LogP contribution in [-0.4, -0.2) is 12.9 Å². The van der Waals surface area contributed by atoms with Gasteiger partial charge in [-0.2, -0.15) is 0 Å². The standard InChI is InChI=1S/C12H16O2/c1-4-11-6-8-12(9-7-11)14-10(3)13-5-2/h4,6-10H,1,5H2,2-3H3/i1D/b4-1+. The average Bonchev–Trinajstić information content (AvgIpc) is 2.22. The first kappa shape index (κ1) is 9.28. The Morgan fingerprint density at radius 3 is 2.79 bits per heavy atom. The zero-order valence-corrected chi connectivity index (χ0v) is 8.57. The molecule has 0 spiro atoms. The molecule has 0 radical (unpaired) electrons. The molecule has 0 aliphatic heterocycles. The highest BCUT2D eigenvalue weighted by Gasteiger charge is 2.01. The van der Waals surface area contributed by atoms with Crippen molar-refractivity contribution in [1.29, 1.82) is 0 Å². The van der Waals surface area contributed by atoms with E-state index >= 15 is 0 Å². The molecule has 0 aliphatic rings. The fourth-order valence-corrected chi connectivity index (χ4v) is 1.12. The van der Waals surface area contributed by atoms with Gasteiger partial charge in [0, 0.05) is 6.61 Å². The summed E-state index contributed by atoms with van der Waals surface area (Å²) >= 11 is 0. The number of benzene rings is 1. The second-order valence-corrected chi connectivity index (χ2v) is 2.88. The van der Waals surface area contributed by atoms with E-state index in [9.17, 15) is 0 Å². The minimum Gasteiger partial charge on any atom is -0.465 e. The van der Waals surface area contributed by atoms with Crippen LogP contribution in [0.15, 0.2) is 30.8 Å². The summed E-state index contributed by atoms with van der Waals surface area (Å²) in [6.45, 7) is 5.70. The van der Waals surface area contributed by atoms with Gasteiger partial charge in [-0.25, -0.2) is 0 Å². The van der Waals surface area contributed by atoms with E-state index in [0.29, 0.717) is 6.61 Å². The summed E-state index contributed by atoms with van der Waals surface area (Å²) in [4.78, 5) is 0. The Balaban J connectivity index is 2.56. The molecule has 0 heterocycles. The lowest BCUT2D eigenvalue weighted by Crippen LogP contribution is -2.15. The quantitative estimate of drug-likeness (QED) is 0.669. The molecule has 0 saturated carbocycles. The fourth-order valence-electron chi connectivity index (χ4n) is 1.12.